The van der Waals surface area contributed by atoms with Gasteiger partial charge in [-0.15, -0.1) is 0 Å². The fraction of sp³-hybridized carbons (Fsp3) is 0.484. The molecule has 2 aromatic carbocycles. The fourth-order valence-electron chi connectivity index (χ4n) is 5.47. The Bertz CT molecular complexity index is 1130. The molecule has 4 amide bonds. The predicted octanol–water partition coefficient (Wildman–Crippen LogP) is 3.40. The molecule has 0 bridgehead atoms. The van der Waals surface area contributed by atoms with Crippen molar-refractivity contribution in [2.75, 3.05) is 49.9 Å². The third kappa shape index (κ3) is 10.6. The zero-order chi connectivity index (χ0) is 30.6. The highest BCUT2D eigenvalue weighted by Gasteiger charge is 2.25. The van der Waals surface area contributed by atoms with Crippen molar-refractivity contribution in [1.82, 2.24) is 20.4 Å². The number of rotatable bonds is 12. The fourth-order valence-corrected chi connectivity index (χ4v) is 5.47. The minimum atomic E-state index is -1.06. The molecule has 4 rings (SSSR count). The Balaban J connectivity index is 1.22. The number of carboxylic acid groups (broad SMARTS) is 2. The molecule has 2 atom stereocenters. The number of benzene rings is 2. The van der Waals surface area contributed by atoms with Gasteiger partial charge in [0.05, 0.1) is 0 Å². The highest BCUT2D eigenvalue weighted by molar-refractivity contribution is 5.93. The average Bonchev–Trinajstić information content (AvgIpc) is 2.99. The second kappa shape index (κ2) is 15.9. The summed E-state index contributed by atoms with van der Waals surface area (Å²) < 4.78 is 0. The van der Waals surface area contributed by atoms with E-state index in [1.54, 1.807) is 24.3 Å². The van der Waals surface area contributed by atoms with Crippen molar-refractivity contribution in [1.29, 1.82) is 0 Å². The van der Waals surface area contributed by atoms with Crippen molar-refractivity contribution in [2.24, 2.45) is 0 Å². The number of amides is 4. The first-order valence-corrected chi connectivity index (χ1v) is 15.0. The molecule has 2 saturated heterocycles. The van der Waals surface area contributed by atoms with Gasteiger partial charge < -0.3 is 41.3 Å². The number of carbonyl (C=O) groups excluding carboxylic acids is 2. The molecule has 2 unspecified atom stereocenters. The van der Waals surface area contributed by atoms with Gasteiger partial charge in [0.15, 0.2) is 0 Å². The Morgan fingerprint density at radius 2 is 0.930 bits per heavy atom. The van der Waals surface area contributed by atoms with E-state index >= 15 is 0 Å². The predicted molar refractivity (Wildman–Crippen MR) is 163 cm³/mol. The molecular formula is C31H42N6O6. The Morgan fingerprint density at radius 3 is 1.26 bits per heavy atom. The molecule has 2 aliphatic heterocycles. The van der Waals surface area contributed by atoms with Crippen molar-refractivity contribution < 1.29 is 29.4 Å². The number of anilines is 2. The summed E-state index contributed by atoms with van der Waals surface area (Å²) in [7, 11) is 0. The lowest BCUT2D eigenvalue weighted by molar-refractivity contribution is -0.140. The van der Waals surface area contributed by atoms with E-state index in [4.69, 9.17) is 0 Å². The second-order valence-corrected chi connectivity index (χ2v) is 11.3. The molecule has 0 spiro atoms. The topological polar surface area (TPSA) is 163 Å². The molecule has 2 aliphatic rings. The normalized spacial score (nSPS) is 17.3. The molecular weight excluding hydrogens is 552 g/mol. The van der Waals surface area contributed by atoms with Crippen LogP contribution in [-0.2, 0) is 16.0 Å². The number of aliphatic carboxylic acids is 2. The van der Waals surface area contributed by atoms with E-state index in [0.717, 1.165) is 75.8 Å². The number of nitrogens with one attached hydrogen (secondary N) is 4. The number of carbonyl (C=O) groups is 4. The number of hydrogen-bond donors (Lipinski definition) is 6. The summed E-state index contributed by atoms with van der Waals surface area (Å²) in [6.45, 7) is 3.93. The molecule has 2 fully saturated rings. The Hall–Kier alpha value is -4.16. The summed E-state index contributed by atoms with van der Waals surface area (Å²) in [5.41, 5.74) is 3.10. The van der Waals surface area contributed by atoms with E-state index in [2.05, 4.69) is 31.1 Å². The monoisotopic (exact) mass is 594 g/mol. The van der Waals surface area contributed by atoms with E-state index in [9.17, 15) is 29.4 Å². The van der Waals surface area contributed by atoms with Crippen LogP contribution >= 0.6 is 0 Å². The number of carboxylic acids is 2. The second-order valence-electron chi connectivity index (χ2n) is 11.3. The summed E-state index contributed by atoms with van der Waals surface area (Å²) in [4.78, 5) is 52.4. The summed E-state index contributed by atoms with van der Waals surface area (Å²) in [5, 5.41) is 29.6. The molecule has 0 saturated carbocycles. The van der Waals surface area contributed by atoms with Gasteiger partial charge >= 0.3 is 24.0 Å². The number of piperidine rings is 2. The summed E-state index contributed by atoms with van der Waals surface area (Å²) in [6, 6.07) is 11.5. The van der Waals surface area contributed by atoms with Crippen molar-refractivity contribution in [3.05, 3.63) is 59.7 Å². The molecule has 2 heterocycles. The Kier molecular flexibility index (Phi) is 11.7. The largest absolute Gasteiger partial charge is 0.480 e. The first kappa shape index (κ1) is 31.8. The molecule has 0 aliphatic carbocycles. The van der Waals surface area contributed by atoms with Crippen LogP contribution in [-0.4, -0.2) is 95.4 Å². The molecule has 6 N–H and O–H groups in total. The van der Waals surface area contributed by atoms with Gasteiger partial charge in [-0.1, -0.05) is 37.1 Å². The van der Waals surface area contributed by atoms with Crippen molar-refractivity contribution >= 4 is 35.4 Å². The molecule has 12 nitrogen and oxygen atoms in total. The highest BCUT2D eigenvalue weighted by atomic mass is 16.4. The third-order valence-corrected chi connectivity index (χ3v) is 7.82. The lowest BCUT2D eigenvalue weighted by Crippen LogP contribution is -2.50. The van der Waals surface area contributed by atoms with Crippen LogP contribution in [0, 0.1) is 0 Å². The van der Waals surface area contributed by atoms with E-state index in [0.29, 0.717) is 17.8 Å². The van der Waals surface area contributed by atoms with Crippen molar-refractivity contribution in [2.45, 2.75) is 57.0 Å². The Morgan fingerprint density at radius 1 is 0.581 bits per heavy atom. The minimum absolute atomic E-state index is 0.280. The highest BCUT2D eigenvalue weighted by Crippen LogP contribution is 2.17. The van der Waals surface area contributed by atoms with Crippen LogP contribution in [0.4, 0.5) is 21.0 Å². The lowest BCUT2D eigenvalue weighted by atomic mass is 10.0. The van der Waals surface area contributed by atoms with Gasteiger partial charge in [0.1, 0.15) is 12.1 Å². The van der Waals surface area contributed by atoms with Crippen LogP contribution in [0.3, 0.4) is 0 Å². The van der Waals surface area contributed by atoms with E-state index in [-0.39, 0.29) is 13.1 Å². The van der Waals surface area contributed by atoms with E-state index < -0.39 is 36.1 Å². The van der Waals surface area contributed by atoms with E-state index in [1.807, 2.05) is 24.3 Å². The van der Waals surface area contributed by atoms with Gasteiger partial charge in [-0.3, -0.25) is 0 Å². The molecule has 43 heavy (non-hydrogen) atoms. The summed E-state index contributed by atoms with van der Waals surface area (Å²) in [5.74, 6) is -2.12. The van der Waals surface area contributed by atoms with Crippen molar-refractivity contribution in [3.8, 4) is 0 Å². The maximum atomic E-state index is 12.5. The van der Waals surface area contributed by atoms with Crippen LogP contribution in [0.5, 0.6) is 0 Å². The number of urea groups is 2. The molecule has 2 aromatic rings. The first-order chi connectivity index (χ1) is 20.7. The standard InChI is InChI=1S/C31H42N6O6/c38-28(39)26(20-36-15-3-1-4-16-36)34-30(42)32-24-11-7-22(8-12-24)19-23-9-13-25(14-10-23)33-31(43)35-27(29(40)41)21-37-17-5-2-6-18-37/h7-14,26-27H,1-6,15-21H2,(H,38,39)(H,40,41)(H2,32,34,42)(H2,33,35,43). The smallest absolute Gasteiger partial charge is 0.327 e. The zero-order valence-electron chi connectivity index (χ0n) is 24.4. The van der Waals surface area contributed by atoms with Gasteiger partial charge in [-0.25, -0.2) is 19.2 Å². The van der Waals surface area contributed by atoms with Gasteiger partial charge in [0.25, 0.3) is 0 Å². The van der Waals surface area contributed by atoms with Crippen LogP contribution in [0.1, 0.15) is 49.7 Å². The van der Waals surface area contributed by atoms with Crippen LogP contribution < -0.4 is 21.3 Å². The van der Waals surface area contributed by atoms with Crippen LogP contribution in [0.15, 0.2) is 48.5 Å². The zero-order valence-corrected chi connectivity index (χ0v) is 24.4. The first-order valence-electron chi connectivity index (χ1n) is 15.0. The Labute approximate surface area is 251 Å². The van der Waals surface area contributed by atoms with Gasteiger partial charge in [-0.05, 0) is 93.7 Å². The maximum Gasteiger partial charge on any atom is 0.327 e. The van der Waals surface area contributed by atoms with Gasteiger partial charge in [0, 0.05) is 24.5 Å². The van der Waals surface area contributed by atoms with Crippen molar-refractivity contribution in [3.63, 3.8) is 0 Å². The third-order valence-electron chi connectivity index (χ3n) is 7.82. The lowest BCUT2D eigenvalue weighted by Gasteiger charge is -2.29. The summed E-state index contributed by atoms with van der Waals surface area (Å²) >= 11 is 0. The van der Waals surface area contributed by atoms with Gasteiger partial charge in [0.2, 0.25) is 0 Å². The SMILES string of the molecule is O=C(Nc1ccc(Cc2ccc(NC(=O)NC(CN3CCCCC3)C(=O)O)cc2)cc1)NC(CN1CCCCC1)C(=O)O. The number of likely N-dealkylation sites (tertiary alicyclic amines) is 2. The average molecular weight is 595 g/mol. The number of nitrogens with zero attached hydrogens (tertiary/aromatic N) is 2. The molecule has 12 heteroatoms. The number of hydrogen-bond acceptors (Lipinski definition) is 6. The molecule has 0 aromatic heterocycles. The summed E-state index contributed by atoms with van der Waals surface area (Å²) in [6.07, 6.45) is 7.07. The minimum Gasteiger partial charge on any atom is -0.480 e. The maximum absolute atomic E-state index is 12.5. The van der Waals surface area contributed by atoms with Crippen LogP contribution in [0.25, 0.3) is 0 Å². The van der Waals surface area contributed by atoms with Gasteiger partial charge in [-0.2, -0.15) is 0 Å². The molecule has 232 valence electrons. The molecule has 0 radical (unpaired) electrons. The van der Waals surface area contributed by atoms with E-state index in [1.165, 1.54) is 0 Å². The van der Waals surface area contributed by atoms with Crippen LogP contribution in [0.2, 0.25) is 0 Å². The quantitative estimate of drug-likeness (QED) is 0.218.